The Balaban J connectivity index is 1.91. The third-order valence-electron chi connectivity index (χ3n) is 3.92. The normalized spacial score (nSPS) is 23.9. The van der Waals surface area contributed by atoms with Gasteiger partial charge in [0.1, 0.15) is 0 Å². The zero-order valence-corrected chi connectivity index (χ0v) is 10.0. The molecule has 0 amide bonds. The summed E-state index contributed by atoms with van der Waals surface area (Å²) < 4.78 is 2.21. The molecule has 0 bridgehead atoms. The first-order chi connectivity index (χ1) is 7.75. The minimum atomic E-state index is 0.114. The van der Waals surface area contributed by atoms with E-state index in [9.17, 15) is 0 Å². The van der Waals surface area contributed by atoms with Gasteiger partial charge >= 0.3 is 0 Å². The maximum Gasteiger partial charge on any atom is 0.0659 e. The summed E-state index contributed by atoms with van der Waals surface area (Å²) in [5, 5.41) is 4.81. The maximum absolute atomic E-state index is 6.03. The van der Waals surface area contributed by atoms with Gasteiger partial charge in [0.2, 0.25) is 0 Å². The van der Waals surface area contributed by atoms with Crippen molar-refractivity contribution in [2.24, 2.45) is 5.73 Å². The molecule has 2 saturated carbocycles. The largest absolute Gasteiger partial charge is 0.323 e. The quantitative estimate of drug-likeness (QED) is 0.849. The topological polar surface area (TPSA) is 43.8 Å². The maximum atomic E-state index is 6.03. The summed E-state index contributed by atoms with van der Waals surface area (Å²) in [5.74, 6) is 0.706. The fourth-order valence-electron chi connectivity index (χ4n) is 2.80. The molecule has 2 aliphatic rings. The molecule has 88 valence electrons. The molecule has 1 atom stereocenters. The van der Waals surface area contributed by atoms with E-state index in [1.165, 1.54) is 49.9 Å². The van der Waals surface area contributed by atoms with Gasteiger partial charge in [0.05, 0.1) is 17.4 Å². The van der Waals surface area contributed by atoms with Crippen molar-refractivity contribution in [3.8, 4) is 0 Å². The number of nitrogens with two attached hydrogens (primary N) is 1. The number of hydrogen-bond acceptors (Lipinski definition) is 2. The first kappa shape index (κ1) is 10.3. The monoisotopic (exact) mass is 219 g/mol. The highest BCUT2D eigenvalue weighted by Gasteiger charge is 2.30. The van der Waals surface area contributed by atoms with Crippen molar-refractivity contribution in [3.05, 3.63) is 17.5 Å². The average molecular weight is 219 g/mol. The van der Waals surface area contributed by atoms with Gasteiger partial charge < -0.3 is 5.73 Å². The highest BCUT2D eigenvalue weighted by Crippen LogP contribution is 2.39. The van der Waals surface area contributed by atoms with Gasteiger partial charge in [-0.05, 0) is 38.7 Å². The average Bonchev–Trinajstić information content (AvgIpc) is 2.83. The lowest BCUT2D eigenvalue weighted by Crippen LogP contribution is -2.12. The molecule has 0 saturated heterocycles. The fourth-order valence-corrected chi connectivity index (χ4v) is 2.80. The summed E-state index contributed by atoms with van der Waals surface area (Å²) in [4.78, 5) is 0. The minimum absolute atomic E-state index is 0.114. The van der Waals surface area contributed by atoms with Crippen LogP contribution in [-0.2, 0) is 0 Å². The Labute approximate surface area is 97.0 Å². The second kappa shape index (κ2) is 3.88. The van der Waals surface area contributed by atoms with Crippen LogP contribution < -0.4 is 5.73 Å². The standard InChI is InChI=1S/C13H21N3/c1-9(14)13-8-12(10-4-2-3-5-10)15-16(13)11-6-7-11/h8-11H,2-7,14H2,1H3/t9-/m1/s1. The van der Waals surface area contributed by atoms with E-state index >= 15 is 0 Å². The first-order valence-corrected chi connectivity index (χ1v) is 6.60. The third kappa shape index (κ3) is 1.77. The van der Waals surface area contributed by atoms with Crippen molar-refractivity contribution in [3.63, 3.8) is 0 Å². The smallest absolute Gasteiger partial charge is 0.0659 e. The molecule has 0 unspecified atom stereocenters. The molecule has 1 heterocycles. The van der Waals surface area contributed by atoms with E-state index in [2.05, 4.69) is 17.7 Å². The molecule has 1 aromatic rings. The predicted octanol–water partition coefficient (Wildman–Crippen LogP) is 2.90. The molecule has 1 aromatic heterocycles. The molecule has 0 aliphatic heterocycles. The molecule has 16 heavy (non-hydrogen) atoms. The Morgan fingerprint density at radius 2 is 2.00 bits per heavy atom. The fraction of sp³-hybridized carbons (Fsp3) is 0.769. The minimum Gasteiger partial charge on any atom is -0.323 e. The summed E-state index contributed by atoms with van der Waals surface area (Å²) in [6.07, 6.45) is 7.94. The van der Waals surface area contributed by atoms with Crippen LogP contribution in [0.4, 0.5) is 0 Å². The van der Waals surface area contributed by atoms with E-state index < -0.39 is 0 Å². The van der Waals surface area contributed by atoms with Gasteiger partial charge in [0.15, 0.2) is 0 Å². The third-order valence-corrected chi connectivity index (χ3v) is 3.92. The number of aromatic nitrogens is 2. The van der Waals surface area contributed by atoms with Gasteiger partial charge in [-0.1, -0.05) is 12.8 Å². The lowest BCUT2D eigenvalue weighted by Gasteiger charge is -2.08. The van der Waals surface area contributed by atoms with Crippen LogP contribution in [0.2, 0.25) is 0 Å². The van der Waals surface area contributed by atoms with Crippen molar-refractivity contribution < 1.29 is 0 Å². The lowest BCUT2D eigenvalue weighted by molar-refractivity contribution is 0.560. The number of rotatable bonds is 3. The summed E-state index contributed by atoms with van der Waals surface area (Å²) in [6.45, 7) is 2.06. The Hall–Kier alpha value is -0.830. The van der Waals surface area contributed by atoms with Crippen LogP contribution in [0.1, 0.15) is 74.8 Å². The van der Waals surface area contributed by atoms with E-state index in [1.807, 2.05) is 0 Å². The summed E-state index contributed by atoms with van der Waals surface area (Å²) >= 11 is 0. The zero-order chi connectivity index (χ0) is 11.1. The molecule has 2 aliphatic carbocycles. The Bertz CT molecular complexity index is 351. The van der Waals surface area contributed by atoms with Gasteiger partial charge in [-0.2, -0.15) is 5.10 Å². The highest BCUT2D eigenvalue weighted by atomic mass is 15.3. The van der Waals surface area contributed by atoms with Crippen molar-refractivity contribution in [1.29, 1.82) is 0 Å². The van der Waals surface area contributed by atoms with Gasteiger partial charge in [0.25, 0.3) is 0 Å². The molecule has 0 spiro atoms. The second-order valence-corrected chi connectivity index (χ2v) is 5.44. The number of nitrogens with zero attached hydrogens (tertiary/aromatic N) is 2. The predicted molar refractivity (Wildman–Crippen MR) is 64.3 cm³/mol. The van der Waals surface area contributed by atoms with Crippen LogP contribution >= 0.6 is 0 Å². The molecule has 2 N–H and O–H groups in total. The van der Waals surface area contributed by atoms with E-state index in [0.717, 1.165) is 0 Å². The molecule has 2 fully saturated rings. The van der Waals surface area contributed by atoms with Crippen LogP contribution in [0.15, 0.2) is 6.07 Å². The van der Waals surface area contributed by atoms with Gasteiger partial charge in [-0.3, -0.25) is 4.68 Å². The molecular weight excluding hydrogens is 198 g/mol. The van der Waals surface area contributed by atoms with Gasteiger partial charge in [0, 0.05) is 12.0 Å². The number of hydrogen-bond donors (Lipinski definition) is 1. The van der Waals surface area contributed by atoms with E-state index in [1.54, 1.807) is 0 Å². The summed E-state index contributed by atoms with van der Waals surface area (Å²) in [5.41, 5.74) is 8.57. The first-order valence-electron chi connectivity index (χ1n) is 6.60. The lowest BCUT2D eigenvalue weighted by atomic mass is 10.0. The molecule has 3 rings (SSSR count). The SMILES string of the molecule is C[C@@H](N)c1cc(C2CCCC2)nn1C1CC1. The molecular formula is C13H21N3. The molecule has 3 heteroatoms. The Morgan fingerprint density at radius 1 is 1.31 bits per heavy atom. The van der Waals surface area contributed by atoms with Crippen molar-refractivity contribution in [2.45, 2.75) is 63.5 Å². The van der Waals surface area contributed by atoms with Gasteiger partial charge in [-0.15, -0.1) is 0 Å². The highest BCUT2D eigenvalue weighted by molar-refractivity contribution is 5.19. The summed E-state index contributed by atoms with van der Waals surface area (Å²) in [7, 11) is 0. The van der Waals surface area contributed by atoms with Gasteiger partial charge in [-0.25, -0.2) is 0 Å². The van der Waals surface area contributed by atoms with Crippen molar-refractivity contribution >= 4 is 0 Å². The van der Waals surface area contributed by atoms with Crippen LogP contribution in [0.5, 0.6) is 0 Å². The van der Waals surface area contributed by atoms with Crippen LogP contribution in [0.25, 0.3) is 0 Å². The zero-order valence-electron chi connectivity index (χ0n) is 10.0. The molecule has 3 nitrogen and oxygen atoms in total. The Morgan fingerprint density at radius 3 is 2.56 bits per heavy atom. The van der Waals surface area contributed by atoms with E-state index in [0.29, 0.717) is 12.0 Å². The van der Waals surface area contributed by atoms with E-state index in [4.69, 9.17) is 10.8 Å². The van der Waals surface area contributed by atoms with Crippen molar-refractivity contribution in [1.82, 2.24) is 9.78 Å². The van der Waals surface area contributed by atoms with Crippen LogP contribution in [0, 0.1) is 0 Å². The van der Waals surface area contributed by atoms with E-state index in [-0.39, 0.29) is 6.04 Å². The van der Waals surface area contributed by atoms with Crippen molar-refractivity contribution in [2.75, 3.05) is 0 Å². The van der Waals surface area contributed by atoms with Crippen LogP contribution in [0.3, 0.4) is 0 Å². The molecule has 0 radical (unpaired) electrons. The van der Waals surface area contributed by atoms with Crippen LogP contribution in [-0.4, -0.2) is 9.78 Å². The second-order valence-electron chi connectivity index (χ2n) is 5.44. The molecule has 0 aromatic carbocycles. The summed E-state index contributed by atoms with van der Waals surface area (Å²) in [6, 6.07) is 3.03. The Kier molecular flexibility index (Phi) is 2.51.